The molecular formula is C18H16ClF3N2O5. The van der Waals surface area contributed by atoms with Crippen molar-refractivity contribution in [2.75, 3.05) is 13.7 Å². The Hall–Kier alpha value is -2.85. The van der Waals surface area contributed by atoms with Gasteiger partial charge in [0.2, 0.25) is 0 Å². The topological polar surface area (TPSA) is 81.9 Å². The fraction of sp³-hybridized carbons (Fsp3) is 0.278. The van der Waals surface area contributed by atoms with E-state index in [4.69, 9.17) is 21.2 Å². The number of benzene rings is 2. The van der Waals surface area contributed by atoms with Crippen molar-refractivity contribution in [2.45, 2.75) is 19.5 Å². The van der Waals surface area contributed by atoms with Gasteiger partial charge in [0.15, 0.2) is 0 Å². The van der Waals surface area contributed by atoms with Gasteiger partial charge in [0.1, 0.15) is 11.5 Å². The van der Waals surface area contributed by atoms with Gasteiger partial charge in [0.05, 0.1) is 29.0 Å². The predicted molar refractivity (Wildman–Crippen MR) is 97.7 cm³/mol. The molecule has 0 unspecified atom stereocenters. The van der Waals surface area contributed by atoms with Crippen LogP contribution in [0.1, 0.15) is 18.1 Å². The van der Waals surface area contributed by atoms with Gasteiger partial charge in [0, 0.05) is 18.2 Å². The third-order valence-corrected chi connectivity index (χ3v) is 4.16. The number of carbonyl (C=O) groups is 1. The van der Waals surface area contributed by atoms with Crippen LogP contribution in [0.4, 0.5) is 18.9 Å². The predicted octanol–water partition coefficient (Wildman–Crippen LogP) is 5.01. The number of nitrogens with zero attached hydrogens (tertiary/aromatic N) is 2. The second kappa shape index (κ2) is 9.10. The quantitative estimate of drug-likeness (QED) is 0.453. The van der Waals surface area contributed by atoms with Gasteiger partial charge in [-0.05, 0) is 37.3 Å². The number of amides is 1. The summed E-state index contributed by atoms with van der Waals surface area (Å²) in [6, 6.07) is 6.21. The summed E-state index contributed by atoms with van der Waals surface area (Å²) in [5.74, 6) is -0.513. The molecule has 2 rings (SSSR count). The minimum atomic E-state index is -4.56. The fourth-order valence-corrected chi connectivity index (χ4v) is 2.71. The molecule has 0 atom stereocenters. The number of nitro benzene ring substituents is 1. The van der Waals surface area contributed by atoms with Crippen molar-refractivity contribution in [1.29, 1.82) is 0 Å². The first-order valence-electron chi connectivity index (χ1n) is 8.23. The van der Waals surface area contributed by atoms with Crippen molar-refractivity contribution >= 4 is 23.2 Å². The maximum absolute atomic E-state index is 12.7. The highest BCUT2D eigenvalue weighted by molar-refractivity contribution is 6.32. The van der Waals surface area contributed by atoms with E-state index in [1.807, 2.05) is 0 Å². The summed E-state index contributed by atoms with van der Waals surface area (Å²) in [5.41, 5.74) is -1.20. The van der Waals surface area contributed by atoms with Crippen molar-refractivity contribution in [3.63, 3.8) is 0 Å². The Morgan fingerprint density at radius 2 is 1.93 bits per heavy atom. The van der Waals surface area contributed by atoms with E-state index in [0.29, 0.717) is 6.07 Å². The van der Waals surface area contributed by atoms with Gasteiger partial charge >= 0.3 is 6.18 Å². The van der Waals surface area contributed by atoms with Crippen LogP contribution in [-0.2, 0) is 22.2 Å². The van der Waals surface area contributed by atoms with Gasteiger partial charge in [-0.1, -0.05) is 11.6 Å². The number of nitro groups is 1. The van der Waals surface area contributed by atoms with Crippen LogP contribution in [-0.4, -0.2) is 29.5 Å². The van der Waals surface area contributed by atoms with Gasteiger partial charge in [0.25, 0.3) is 11.6 Å². The zero-order chi connectivity index (χ0) is 21.8. The monoisotopic (exact) mass is 432 g/mol. The van der Waals surface area contributed by atoms with E-state index in [-0.39, 0.29) is 40.7 Å². The molecule has 0 saturated heterocycles. The zero-order valence-corrected chi connectivity index (χ0v) is 16.1. The first-order valence-corrected chi connectivity index (χ1v) is 8.61. The molecule has 1 amide bonds. The normalized spacial score (nSPS) is 11.2. The summed E-state index contributed by atoms with van der Waals surface area (Å²) in [5, 5.41) is 12.0. The van der Waals surface area contributed by atoms with E-state index in [1.54, 1.807) is 6.92 Å². The average molecular weight is 433 g/mol. The number of halogens is 4. The second-order valence-electron chi connectivity index (χ2n) is 5.74. The molecule has 0 aromatic heterocycles. The number of hydrogen-bond donors (Lipinski definition) is 0. The molecule has 7 nitrogen and oxygen atoms in total. The highest BCUT2D eigenvalue weighted by Gasteiger charge is 2.31. The summed E-state index contributed by atoms with van der Waals surface area (Å²) >= 11 is 5.86. The maximum Gasteiger partial charge on any atom is 0.416 e. The summed E-state index contributed by atoms with van der Waals surface area (Å²) in [4.78, 5) is 27.7. The van der Waals surface area contributed by atoms with Crippen LogP contribution in [0.5, 0.6) is 11.5 Å². The molecule has 29 heavy (non-hydrogen) atoms. The molecule has 0 spiro atoms. The molecule has 0 heterocycles. The lowest BCUT2D eigenvalue weighted by atomic mass is 10.1. The lowest BCUT2D eigenvalue weighted by Gasteiger charge is -2.17. The average Bonchev–Trinajstić information content (AvgIpc) is 2.63. The molecule has 2 aromatic rings. The number of alkyl halides is 3. The lowest BCUT2D eigenvalue weighted by Crippen LogP contribution is -2.31. The molecule has 0 N–H and O–H groups in total. The van der Waals surface area contributed by atoms with E-state index in [0.717, 1.165) is 23.3 Å². The SMILES string of the molecule is CCN(OC)C(=O)Cc1cc(Oc2ccc(C(F)(F)F)cc2Cl)ccc1[N+](=O)[O-]. The van der Waals surface area contributed by atoms with Gasteiger partial charge in [-0.25, -0.2) is 5.06 Å². The summed E-state index contributed by atoms with van der Waals surface area (Å²) in [6.07, 6.45) is -4.90. The summed E-state index contributed by atoms with van der Waals surface area (Å²) in [7, 11) is 1.29. The van der Waals surface area contributed by atoms with Crippen molar-refractivity contribution < 1.29 is 32.5 Å². The minimum absolute atomic E-state index is 0.0519. The molecule has 0 bridgehead atoms. The van der Waals surface area contributed by atoms with E-state index in [1.165, 1.54) is 19.2 Å². The Morgan fingerprint density at radius 3 is 2.45 bits per heavy atom. The first kappa shape index (κ1) is 22.4. The molecule has 0 aliphatic carbocycles. The van der Waals surface area contributed by atoms with Crippen LogP contribution in [0.15, 0.2) is 36.4 Å². The van der Waals surface area contributed by atoms with Crippen LogP contribution in [0.25, 0.3) is 0 Å². The van der Waals surface area contributed by atoms with E-state index >= 15 is 0 Å². The standard InChI is InChI=1S/C18H16ClF3N2O5/c1-3-23(28-2)17(25)9-11-8-13(5-6-15(11)24(26)27)29-16-7-4-12(10-14(16)19)18(20,21)22/h4-8,10H,3,9H2,1-2H3. The lowest BCUT2D eigenvalue weighted by molar-refractivity contribution is -0.385. The van der Waals surface area contributed by atoms with E-state index in [2.05, 4.69) is 0 Å². The molecule has 0 saturated carbocycles. The maximum atomic E-state index is 12.7. The van der Waals surface area contributed by atoms with Crippen molar-refractivity contribution in [3.05, 3.63) is 62.7 Å². The van der Waals surface area contributed by atoms with E-state index < -0.39 is 22.6 Å². The molecule has 0 radical (unpaired) electrons. The van der Waals surface area contributed by atoms with Gasteiger partial charge in [-0.2, -0.15) is 13.2 Å². The van der Waals surface area contributed by atoms with Gasteiger partial charge in [-0.15, -0.1) is 0 Å². The van der Waals surface area contributed by atoms with Crippen LogP contribution in [0, 0.1) is 10.1 Å². The Kier molecular flexibility index (Phi) is 7.04. The highest BCUT2D eigenvalue weighted by atomic mass is 35.5. The number of hydroxylamine groups is 2. The largest absolute Gasteiger partial charge is 0.456 e. The molecular weight excluding hydrogens is 417 g/mol. The molecule has 0 aliphatic heterocycles. The Labute approximate surface area is 168 Å². The summed E-state index contributed by atoms with van der Waals surface area (Å²) in [6.45, 7) is 1.91. The van der Waals surface area contributed by atoms with E-state index in [9.17, 15) is 28.1 Å². The Balaban J connectivity index is 2.33. The number of likely N-dealkylation sites (N-methyl/N-ethyl adjacent to an activating group) is 1. The Bertz CT molecular complexity index is 917. The van der Waals surface area contributed by atoms with Crippen molar-refractivity contribution in [1.82, 2.24) is 5.06 Å². The molecule has 11 heteroatoms. The first-order chi connectivity index (χ1) is 13.6. The number of ether oxygens (including phenoxy) is 1. The number of hydrogen-bond acceptors (Lipinski definition) is 5. The second-order valence-corrected chi connectivity index (χ2v) is 6.15. The number of rotatable bonds is 7. The van der Waals surface area contributed by atoms with Gasteiger partial charge < -0.3 is 4.74 Å². The van der Waals surface area contributed by atoms with Crippen molar-refractivity contribution in [2.24, 2.45) is 0 Å². The van der Waals surface area contributed by atoms with Crippen LogP contribution < -0.4 is 4.74 Å². The zero-order valence-electron chi connectivity index (χ0n) is 15.3. The fourth-order valence-electron chi connectivity index (χ4n) is 2.49. The third kappa shape index (κ3) is 5.58. The molecule has 2 aromatic carbocycles. The smallest absolute Gasteiger partial charge is 0.416 e. The molecule has 0 aliphatic rings. The van der Waals surface area contributed by atoms with Crippen LogP contribution in [0.2, 0.25) is 5.02 Å². The summed E-state index contributed by atoms with van der Waals surface area (Å²) < 4.78 is 43.7. The third-order valence-electron chi connectivity index (χ3n) is 3.86. The molecule has 156 valence electrons. The van der Waals surface area contributed by atoms with Crippen LogP contribution >= 0.6 is 11.6 Å². The molecule has 0 fully saturated rings. The highest BCUT2D eigenvalue weighted by Crippen LogP contribution is 2.37. The van der Waals surface area contributed by atoms with Crippen LogP contribution in [0.3, 0.4) is 0 Å². The minimum Gasteiger partial charge on any atom is -0.456 e. The van der Waals surface area contributed by atoms with Gasteiger partial charge in [-0.3, -0.25) is 19.7 Å². The Morgan fingerprint density at radius 1 is 1.24 bits per heavy atom. The number of carbonyl (C=O) groups excluding carboxylic acids is 1. The van der Waals surface area contributed by atoms with Crippen molar-refractivity contribution in [3.8, 4) is 11.5 Å².